The van der Waals surface area contributed by atoms with Gasteiger partial charge in [0, 0.05) is 23.7 Å². The Bertz CT molecular complexity index is 588. The number of carbonyl (C=O) groups excluding carboxylic acids is 1. The van der Waals surface area contributed by atoms with Crippen molar-refractivity contribution < 1.29 is 13.2 Å². The fourth-order valence-corrected chi connectivity index (χ4v) is 2.77. The van der Waals surface area contributed by atoms with E-state index in [-0.39, 0.29) is 22.3 Å². The number of rotatable bonds is 5. The number of benzene rings is 1. The maximum Gasteiger partial charge on any atom is 0.251 e. The monoisotopic (exact) mass is 331 g/mol. The van der Waals surface area contributed by atoms with Crippen molar-refractivity contribution in [1.82, 2.24) is 5.32 Å². The van der Waals surface area contributed by atoms with Gasteiger partial charge >= 0.3 is 0 Å². The Morgan fingerprint density at radius 1 is 1.24 bits per heavy atom. The Morgan fingerprint density at radius 3 is 2.14 bits per heavy atom. The Morgan fingerprint density at radius 2 is 1.76 bits per heavy atom. The zero-order valence-corrected chi connectivity index (χ0v) is 14.4. The molecule has 0 aromatic heterocycles. The fraction of sp³-hybridized carbons (Fsp3) is 0.533. The first-order chi connectivity index (χ1) is 9.55. The number of carbonyl (C=O) groups is 1. The Labute approximate surface area is 131 Å². The van der Waals surface area contributed by atoms with Gasteiger partial charge in [0.25, 0.3) is 5.91 Å². The summed E-state index contributed by atoms with van der Waals surface area (Å²) in [5.74, 6) is 0.245. The van der Waals surface area contributed by atoms with Crippen LogP contribution in [0.15, 0.2) is 29.2 Å². The SMILES string of the molecule is CC(C)(C)C(CCCl)NC(=O)c1ccc(S(C)(=O)=O)cc1. The minimum absolute atomic E-state index is 0.0444. The summed E-state index contributed by atoms with van der Waals surface area (Å²) < 4.78 is 22.8. The molecule has 0 aliphatic carbocycles. The first kappa shape index (κ1) is 18.0. The van der Waals surface area contributed by atoms with Crippen molar-refractivity contribution in [3.8, 4) is 0 Å². The van der Waals surface area contributed by atoms with Crippen LogP contribution in [0.4, 0.5) is 0 Å². The molecule has 21 heavy (non-hydrogen) atoms. The van der Waals surface area contributed by atoms with Gasteiger partial charge in [-0.1, -0.05) is 20.8 Å². The lowest BCUT2D eigenvalue weighted by Crippen LogP contribution is -2.44. The molecule has 1 N–H and O–H groups in total. The van der Waals surface area contributed by atoms with Crippen LogP contribution in [0.3, 0.4) is 0 Å². The summed E-state index contributed by atoms with van der Waals surface area (Å²) in [6, 6.07) is 5.88. The van der Waals surface area contributed by atoms with E-state index in [1.165, 1.54) is 24.3 Å². The highest BCUT2D eigenvalue weighted by Crippen LogP contribution is 2.22. The Kier molecular flexibility index (Phi) is 5.82. The van der Waals surface area contributed by atoms with E-state index < -0.39 is 9.84 Å². The van der Waals surface area contributed by atoms with Gasteiger partial charge < -0.3 is 5.32 Å². The van der Waals surface area contributed by atoms with Crippen molar-refractivity contribution in [1.29, 1.82) is 0 Å². The molecule has 0 bridgehead atoms. The van der Waals surface area contributed by atoms with Gasteiger partial charge in [0.2, 0.25) is 0 Å². The number of sulfone groups is 1. The van der Waals surface area contributed by atoms with Crippen LogP contribution in [0.5, 0.6) is 0 Å². The molecule has 0 spiro atoms. The van der Waals surface area contributed by atoms with Crippen molar-refractivity contribution in [3.05, 3.63) is 29.8 Å². The smallest absolute Gasteiger partial charge is 0.251 e. The molecule has 118 valence electrons. The van der Waals surface area contributed by atoms with Gasteiger partial charge in [0.15, 0.2) is 9.84 Å². The number of hydrogen-bond donors (Lipinski definition) is 1. The van der Waals surface area contributed by atoms with Crippen LogP contribution in [0.25, 0.3) is 0 Å². The van der Waals surface area contributed by atoms with Crippen molar-refractivity contribution >= 4 is 27.3 Å². The molecule has 0 aliphatic rings. The van der Waals surface area contributed by atoms with E-state index in [2.05, 4.69) is 5.32 Å². The van der Waals surface area contributed by atoms with Gasteiger partial charge in [0.1, 0.15) is 0 Å². The summed E-state index contributed by atoms with van der Waals surface area (Å²) in [5, 5.41) is 2.96. The average molecular weight is 332 g/mol. The van der Waals surface area contributed by atoms with Gasteiger partial charge in [0.05, 0.1) is 4.90 Å². The molecule has 0 aliphatic heterocycles. The number of nitrogens with one attached hydrogen (secondary N) is 1. The predicted molar refractivity (Wildman–Crippen MR) is 85.6 cm³/mol. The van der Waals surface area contributed by atoms with Crippen molar-refractivity contribution in [2.75, 3.05) is 12.1 Å². The molecule has 6 heteroatoms. The summed E-state index contributed by atoms with van der Waals surface area (Å²) in [5.41, 5.74) is 0.336. The van der Waals surface area contributed by atoms with Gasteiger partial charge in [-0.2, -0.15) is 0 Å². The van der Waals surface area contributed by atoms with Crippen LogP contribution in [-0.2, 0) is 9.84 Å². The third kappa shape index (κ3) is 5.32. The molecule has 0 saturated heterocycles. The number of hydrogen-bond acceptors (Lipinski definition) is 3. The molecule has 1 unspecified atom stereocenters. The lowest BCUT2D eigenvalue weighted by Gasteiger charge is -2.31. The molecule has 0 heterocycles. The lowest BCUT2D eigenvalue weighted by molar-refractivity contribution is 0.0900. The van der Waals surface area contributed by atoms with E-state index in [1.54, 1.807) is 0 Å². The van der Waals surface area contributed by atoms with Crippen LogP contribution >= 0.6 is 11.6 Å². The molecule has 1 atom stereocenters. The first-order valence-electron chi connectivity index (χ1n) is 6.72. The average Bonchev–Trinajstić information content (AvgIpc) is 2.36. The first-order valence-corrected chi connectivity index (χ1v) is 9.15. The summed E-state index contributed by atoms with van der Waals surface area (Å²) in [6.07, 6.45) is 1.82. The summed E-state index contributed by atoms with van der Waals surface area (Å²) in [6.45, 7) is 6.12. The van der Waals surface area contributed by atoms with Crippen molar-refractivity contribution in [2.45, 2.75) is 38.1 Å². The molecule has 4 nitrogen and oxygen atoms in total. The van der Waals surface area contributed by atoms with Crippen molar-refractivity contribution in [2.24, 2.45) is 5.41 Å². The number of halogens is 1. The highest BCUT2D eigenvalue weighted by molar-refractivity contribution is 7.90. The van der Waals surface area contributed by atoms with Crippen molar-refractivity contribution in [3.63, 3.8) is 0 Å². The maximum atomic E-state index is 12.2. The highest BCUT2D eigenvalue weighted by atomic mass is 35.5. The van der Waals surface area contributed by atoms with E-state index in [4.69, 9.17) is 11.6 Å². The van der Waals surface area contributed by atoms with Crippen LogP contribution in [0.1, 0.15) is 37.6 Å². The zero-order valence-electron chi connectivity index (χ0n) is 12.8. The second-order valence-corrected chi connectivity index (χ2v) is 8.56. The van der Waals surface area contributed by atoms with E-state index >= 15 is 0 Å². The van der Waals surface area contributed by atoms with Gasteiger partial charge in [-0.3, -0.25) is 4.79 Å². The van der Waals surface area contributed by atoms with Crippen LogP contribution in [0.2, 0.25) is 0 Å². The normalized spacial score (nSPS) is 13.8. The predicted octanol–water partition coefficient (Wildman–Crippen LogP) is 2.86. The second kappa shape index (κ2) is 6.79. The molecule has 0 radical (unpaired) electrons. The molecule has 1 aromatic carbocycles. The summed E-state index contributed by atoms with van der Waals surface area (Å²) >= 11 is 5.78. The summed E-state index contributed by atoms with van der Waals surface area (Å²) in [4.78, 5) is 12.4. The number of alkyl halides is 1. The van der Waals surface area contributed by atoms with Crippen LogP contribution in [0, 0.1) is 5.41 Å². The number of amides is 1. The van der Waals surface area contributed by atoms with Gasteiger partial charge in [-0.15, -0.1) is 11.6 Å². The fourth-order valence-electron chi connectivity index (χ4n) is 1.93. The second-order valence-electron chi connectivity index (χ2n) is 6.17. The van der Waals surface area contributed by atoms with Gasteiger partial charge in [-0.05, 0) is 36.1 Å². The topological polar surface area (TPSA) is 63.2 Å². The van der Waals surface area contributed by atoms with Crippen LogP contribution in [-0.4, -0.2) is 32.5 Å². The minimum Gasteiger partial charge on any atom is -0.349 e. The third-order valence-corrected chi connectivity index (χ3v) is 4.64. The molecular weight excluding hydrogens is 310 g/mol. The van der Waals surface area contributed by atoms with E-state index in [0.717, 1.165) is 6.26 Å². The Hall–Kier alpha value is -1.07. The van der Waals surface area contributed by atoms with E-state index in [1.807, 2.05) is 20.8 Å². The molecular formula is C15H22ClNO3S. The minimum atomic E-state index is -3.25. The summed E-state index contributed by atoms with van der Waals surface area (Å²) in [7, 11) is -3.25. The largest absolute Gasteiger partial charge is 0.349 e. The third-order valence-electron chi connectivity index (χ3n) is 3.29. The maximum absolute atomic E-state index is 12.2. The standard InChI is InChI=1S/C15H22ClNO3S/c1-15(2,3)13(9-10-16)17-14(18)11-5-7-12(8-6-11)21(4,19)20/h5-8,13H,9-10H2,1-4H3,(H,17,18). The van der Waals surface area contributed by atoms with Gasteiger partial charge in [-0.25, -0.2) is 8.42 Å². The zero-order chi connectivity index (χ0) is 16.3. The molecule has 0 fully saturated rings. The lowest BCUT2D eigenvalue weighted by atomic mass is 9.85. The molecule has 1 rings (SSSR count). The highest BCUT2D eigenvalue weighted by Gasteiger charge is 2.26. The molecule has 1 aromatic rings. The van der Waals surface area contributed by atoms with Crippen LogP contribution < -0.4 is 5.32 Å². The molecule has 0 saturated carbocycles. The van der Waals surface area contributed by atoms with E-state index in [0.29, 0.717) is 17.9 Å². The van der Waals surface area contributed by atoms with E-state index in [9.17, 15) is 13.2 Å². The molecule has 1 amide bonds. The quantitative estimate of drug-likeness (QED) is 0.844. The Balaban J connectivity index is 2.88.